The molecule has 0 saturated carbocycles. The molecule has 22 heavy (non-hydrogen) atoms. The maximum Gasteiger partial charge on any atom is 0.200 e. The minimum Gasteiger partial charge on any atom is -0.497 e. The highest BCUT2D eigenvalue weighted by molar-refractivity contribution is 5.85. The van der Waals surface area contributed by atoms with E-state index in [1.165, 1.54) is 13.2 Å². The molecule has 1 heterocycles. The Morgan fingerprint density at radius 3 is 2.32 bits per heavy atom. The highest BCUT2D eigenvalue weighted by Gasteiger charge is 2.13. The average molecular weight is 299 g/mol. The summed E-state index contributed by atoms with van der Waals surface area (Å²) in [6.07, 6.45) is 1.57. The fourth-order valence-electron chi connectivity index (χ4n) is 2.38. The number of methoxy groups -OCH3 is 2. The fourth-order valence-corrected chi connectivity index (χ4v) is 2.38. The molecule has 0 aliphatic carbocycles. The minimum atomic E-state index is -0.606. The lowest BCUT2D eigenvalue weighted by molar-refractivity contribution is 0.412. The van der Waals surface area contributed by atoms with Crippen LogP contribution in [0.25, 0.3) is 22.0 Å². The van der Waals surface area contributed by atoms with E-state index in [4.69, 9.17) is 9.47 Å². The van der Waals surface area contributed by atoms with Crippen LogP contribution in [0.4, 0.5) is 4.39 Å². The number of benzene rings is 2. The zero-order valence-corrected chi connectivity index (χ0v) is 12.1. The van der Waals surface area contributed by atoms with Gasteiger partial charge in [-0.2, -0.15) is 0 Å². The molecule has 0 spiro atoms. The Morgan fingerprint density at radius 1 is 1.00 bits per heavy atom. The molecule has 3 aromatic rings. The van der Waals surface area contributed by atoms with Crippen LogP contribution in [0.1, 0.15) is 0 Å². The molecule has 0 saturated heterocycles. The maximum absolute atomic E-state index is 14.2. The molecule has 0 amide bonds. The van der Waals surface area contributed by atoms with Crippen molar-refractivity contribution in [2.24, 2.45) is 0 Å². The second kappa shape index (κ2) is 5.52. The van der Waals surface area contributed by atoms with E-state index in [2.05, 4.69) is 4.98 Å². The molecule has 0 aliphatic rings. The summed E-state index contributed by atoms with van der Waals surface area (Å²) in [5, 5.41) is 0.0223. The predicted octanol–water partition coefficient (Wildman–Crippen LogP) is 3.35. The third-order valence-corrected chi connectivity index (χ3v) is 3.54. The zero-order valence-electron chi connectivity index (χ0n) is 12.1. The summed E-state index contributed by atoms with van der Waals surface area (Å²) < 4.78 is 24.3. The first-order valence-electron chi connectivity index (χ1n) is 6.67. The van der Waals surface area contributed by atoms with Gasteiger partial charge in [-0.3, -0.25) is 4.79 Å². The molecule has 2 aromatic carbocycles. The summed E-state index contributed by atoms with van der Waals surface area (Å²) >= 11 is 0. The SMILES string of the molecule is COc1ccc(-c2c[nH]c3cc(OC)cc(F)c3c2=O)cc1. The van der Waals surface area contributed by atoms with Crippen LogP contribution in [-0.4, -0.2) is 19.2 Å². The van der Waals surface area contributed by atoms with Crippen LogP contribution >= 0.6 is 0 Å². The first-order valence-corrected chi connectivity index (χ1v) is 6.67. The number of hydrogen-bond donors (Lipinski definition) is 1. The van der Waals surface area contributed by atoms with Crippen LogP contribution < -0.4 is 14.9 Å². The van der Waals surface area contributed by atoms with E-state index >= 15 is 0 Å². The highest BCUT2D eigenvalue weighted by atomic mass is 19.1. The van der Waals surface area contributed by atoms with Gasteiger partial charge < -0.3 is 14.5 Å². The summed E-state index contributed by atoms with van der Waals surface area (Å²) in [5.41, 5.74) is 1.14. The molecular formula is C17H14FNO3. The summed E-state index contributed by atoms with van der Waals surface area (Å²) in [4.78, 5) is 15.5. The second-order valence-electron chi connectivity index (χ2n) is 4.79. The number of halogens is 1. The van der Waals surface area contributed by atoms with Gasteiger partial charge in [0.05, 0.1) is 25.1 Å². The normalized spacial score (nSPS) is 10.7. The number of hydrogen-bond acceptors (Lipinski definition) is 3. The van der Waals surface area contributed by atoms with Crippen molar-refractivity contribution in [3.63, 3.8) is 0 Å². The van der Waals surface area contributed by atoms with Crippen molar-refractivity contribution in [3.05, 3.63) is 58.6 Å². The van der Waals surface area contributed by atoms with E-state index in [1.54, 1.807) is 43.6 Å². The van der Waals surface area contributed by atoms with Crippen molar-refractivity contribution in [1.82, 2.24) is 4.98 Å². The number of ether oxygens (including phenoxy) is 2. The topological polar surface area (TPSA) is 51.3 Å². The van der Waals surface area contributed by atoms with Gasteiger partial charge in [0, 0.05) is 23.9 Å². The van der Waals surface area contributed by atoms with E-state index in [9.17, 15) is 9.18 Å². The Hall–Kier alpha value is -2.82. The molecule has 0 radical (unpaired) electrons. The van der Waals surface area contributed by atoms with E-state index in [0.29, 0.717) is 28.1 Å². The molecule has 1 aromatic heterocycles. The fraction of sp³-hybridized carbons (Fsp3) is 0.118. The van der Waals surface area contributed by atoms with E-state index in [-0.39, 0.29) is 10.8 Å². The van der Waals surface area contributed by atoms with Crippen molar-refractivity contribution in [1.29, 1.82) is 0 Å². The molecule has 4 nitrogen and oxygen atoms in total. The van der Waals surface area contributed by atoms with Gasteiger partial charge in [-0.1, -0.05) is 12.1 Å². The Balaban J connectivity index is 2.21. The van der Waals surface area contributed by atoms with Crippen molar-refractivity contribution < 1.29 is 13.9 Å². The third kappa shape index (κ3) is 2.30. The van der Waals surface area contributed by atoms with Crippen LogP contribution in [0.15, 0.2) is 47.4 Å². The lowest BCUT2D eigenvalue weighted by atomic mass is 10.0. The largest absolute Gasteiger partial charge is 0.497 e. The van der Waals surface area contributed by atoms with Gasteiger partial charge in [-0.25, -0.2) is 4.39 Å². The first-order chi connectivity index (χ1) is 10.6. The number of pyridine rings is 1. The van der Waals surface area contributed by atoms with Gasteiger partial charge in [0.15, 0.2) is 5.43 Å². The number of aromatic nitrogens is 1. The van der Waals surface area contributed by atoms with E-state index in [1.807, 2.05) is 0 Å². The Bertz CT molecular complexity index is 885. The quantitative estimate of drug-likeness (QED) is 0.807. The number of nitrogens with one attached hydrogen (secondary N) is 1. The van der Waals surface area contributed by atoms with Gasteiger partial charge >= 0.3 is 0 Å². The number of H-pyrrole nitrogens is 1. The van der Waals surface area contributed by atoms with Crippen molar-refractivity contribution in [2.45, 2.75) is 0 Å². The van der Waals surface area contributed by atoms with Gasteiger partial charge in [0.25, 0.3) is 0 Å². The lowest BCUT2D eigenvalue weighted by Gasteiger charge is -2.07. The smallest absolute Gasteiger partial charge is 0.200 e. The molecular weight excluding hydrogens is 285 g/mol. The molecule has 0 atom stereocenters. The molecule has 0 fully saturated rings. The van der Waals surface area contributed by atoms with Gasteiger partial charge in [-0.05, 0) is 17.7 Å². The van der Waals surface area contributed by atoms with Crippen molar-refractivity contribution in [3.8, 4) is 22.6 Å². The molecule has 0 aliphatic heterocycles. The van der Waals surface area contributed by atoms with E-state index < -0.39 is 5.82 Å². The number of fused-ring (bicyclic) bond motifs is 1. The summed E-state index contributed by atoms with van der Waals surface area (Å²) in [5.74, 6) is 0.445. The standard InChI is InChI=1S/C17H14FNO3/c1-21-11-5-3-10(4-6-11)13-9-19-15-8-12(22-2)7-14(18)16(15)17(13)20/h3-9H,1-2H3,(H,19,20). The van der Waals surface area contributed by atoms with Gasteiger partial charge in [-0.15, -0.1) is 0 Å². The molecule has 112 valence electrons. The maximum atomic E-state index is 14.2. The number of rotatable bonds is 3. The average Bonchev–Trinajstić information content (AvgIpc) is 2.55. The Morgan fingerprint density at radius 2 is 1.68 bits per heavy atom. The van der Waals surface area contributed by atoms with Crippen molar-refractivity contribution >= 4 is 10.9 Å². The first kappa shape index (κ1) is 14.1. The van der Waals surface area contributed by atoms with Crippen LogP contribution in [-0.2, 0) is 0 Å². The zero-order chi connectivity index (χ0) is 15.7. The Kier molecular flexibility index (Phi) is 3.55. The van der Waals surface area contributed by atoms with Gasteiger partial charge in [0.2, 0.25) is 0 Å². The number of aromatic amines is 1. The summed E-state index contributed by atoms with van der Waals surface area (Å²) in [6.45, 7) is 0. The molecule has 1 N–H and O–H groups in total. The third-order valence-electron chi connectivity index (χ3n) is 3.54. The minimum absolute atomic E-state index is 0.0223. The van der Waals surface area contributed by atoms with Gasteiger partial charge in [0.1, 0.15) is 17.3 Å². The monoisotopic (exact) mass is 299 g/mol. The lowest BCUT2D eigenvalue weighted by Crippen LogP contribution is -2.08. The van der Waals surface area contributed by atoms with Crippen molar-refractivity contribution in [2.75, 3.05) is 14.2 Å². The summed E-state index contributed by atoms with van der Waals surface area (Å²) in [7, 11) is 3.02. The molecule has 0 bridgehead atoms. The second-order valence-corrected chi connectivity index (χ2v) is 4.79. The van der Waals surface area contributed by atoms with Crippen LogP contribution in [0.5, 0.6) is 11.5 Å². The molecule has 3 rings (SSSR count). The highest BCUT2D eigenvalue weighted by Crippen LogP contribution is 2.24. The molecule has 5 heteroatoms. The Labute approximate surface area is 126 Å². The summed E-state index contributed by atoms with van der Waals surface area (Å²) in [6, 6.07) is 9.83. The molecule has 0 unspecified atom stereocenters. The van der Waals surface area contributed by atoms with Crippen LogP contribution in [0.2, 0.25) is 0 Å². The predicted molar refractivity (Wildman–Crippen MR) is 83.1 cm³/mol. The van der Waals surface area contributed by atoms with Crippen LogP contribution in [0, 0.1) is 5.82 Å². The van der Waals surface area contributed by atoms with E-state index in [0.717, 1.165) is 0 Å². The van der Waals surface area contributed by atoms with Crippen LogP contribution in [0.3, 0.4) is 0 Å².